The van der Waals surface area contributed by atoms with Crippen LogP contribution in [0.4, 0.5) is 4.39 Å². The summed E-state index contributed by atoms with van der Waals surface area (Å²) in [7, 11) is 0. The third-order valence-corrected chi connectivity index (χ3v) is 7.69. The van der Waals surface area contributed by atoms with Gasteiger partial charge in [-0.1, -0.05) is 49.6 Å². The lowest BCUT2D eigenvalue weighted by Gasteiger charge is -2.19. The number of carbonyl (C=O) groups excluding carboxylic acids is 1. The van der Waals surface area contributed by atoms with Crippen molar-refractivity contribution in [1.82, 2.24) is 15.3 Å². The number of fused-ring (bicyclic) bond motifs is 1. The average Bonchev–Trinajstić information content (AvgIpc) is 2.88. The van der Waals surface area contributed by atoms with Gasteiger partial charge in [-0.2, -0.15) is 0 Å². The third-order valence-electron chi connectivity index (χ3n) is 5.71. The maximum absolute atomic E-state index is 13.3. The van der Waals surface area contributed by atoms with E-state index in [4.69, 9.17) is 0 Å². The minimum atomic E-state index is -0.360. The molecular weight excluding hydrogens is 433 g/mol. The van der Waals surface area contributed by atoms with Gasteiger partial charge < -0.3 is 10.3 Å². The second-order valence-electron chi connectivity index (χ2n) is 8.05. The van der Waals surface area contributed by atoms with Crippen molar-refractivity contribution in [1.29, 1.82) is 0 Å². The van der Waals surface area contributed by atoms with E-state index in [9.17, 15) is 14.0 Å². The van der Waals surface area contributed by atoms with Gasteiger partial charge in [-0.05, 0) is 44.4 Å². The Labute approximate surface area is 188 Å². The molecule has 1 saturated carbocycles. The minimum absolute atomic E-state index is 0.0194. The quantitative estimate of drug-likeness (QED) is 0.304. The Balaban J connectivity index is 1.54. The van der Waals surface area contributed by atoms with Crippen molar-refractivity contribution in [3.63, 3.8) is 0 Å². The summed E-state index contributed by atoms with van der Waals surface area (Å²) in [5, 5.41) is 3.75. The Morgan fingerprint density at radius 1 is 1.23 bits per heavy atom. The van der Waals surface area contributed by atoms with Gasteiger partial charge in [0.1, 0.15) is 10.6 Å². The standard InChI is InChI=1S/C23H26FN3O2S2/c1-13-18(15-9-11-16(24)12-10-15)19-21(29)26-23(27-22(19)30-13)31-14(2)20(28)25-17-7-5-3-4-6-8-17/h9-12,14,17H,3-8H2,1-2H3,(H,25,28)(H,26,27,29). The van der Waals surface area contributed by atoms with Crippen LogP contribution in [-0.2, 0) is 4.79 Å². The lowest BCUT2D eigenvalue weighted by Crippen LogP contribution is -2.39. The van der Waals surface area contributed by atoms with E-state index in [1.807, 2.05) is 13.8 Å². The highest BCUT2D eigenvalue weighted by atomic mass is 32.2. The predicted molar refractivity (Wildman–Crippen MR) is 125 cm³/mol. The minimum Gasteiger partial charge on any atom is -0.352 e. The van der Waals surface area contributed by atoms with Crippen LogP contribution in [-0.4, -0.2) is 27.2 Å². The molecular formula is C23H26FN3O2S2. The Bertz CT molecular complexity index is 1130. The van der Waals surface area contributed by atoms with Crippen LogP contribution in [0.15, 0.2) is 34.2 Å². The van der Waals surface area contributed by atoms with E-state index in [1.54, 1.807) is 12.1 Å². The molecule has 31 heavy (non-hydrogen) atoms. The first kappa shape index (κ1) is 22.0. The van der Waals surface area contributed by atoms with E-state index in [0.29, 0.717) is 15.4 Å². The fourth-order valence-electron chi connectivity index (χ4n) is 4.08. The Morgan fingerprint density at radius 3 is 2.58 bits per heavy atom. The lowest BCUT2D eigenvalue weighted by molar-refractivity contribution is -0.121. The molecule has 1 aliphatic rings. The van der Waals surface area contributed by atoms with Crippen molar-refractivity contribution in [2.75, 3.05) is 0 Å². The SMILES string of the molecule is Cc1sc2nc(SC(C)C(=O)NC3CCCCCC3)[nH]c(=O)c2c1-c1ccc(F)cc1. The first-order valence-corrected chi connectivity index (χ1v) is 12.4. The molecule has 1 amide bonds. The van der Waals surface area contributed by atoms with Gasteiger partial charge in [0.15, 0.2) is 5.16 Å². The average molecular weight is 460 g/mol. The zero-order valence-corrected chi connectivity index (χ0v) is 19.3. The monoisotopic (exact) mass is 459 g/mol. The van der Waals surface area contributed by atoms with Crippen molar-refractivity contribution >= 4 is 39.2 Å². The fraction of sp³-hybridized carbons (Fsp3) is 0.435. The van der Waals surface area contributed by atoms with Crippen molar-refractivity contribution in [3.05, 3.63) is 45.3 Å². The molecule has 2 aromatic heterocycles. The van der Waals surface area contributed by atoms with Crippen molar-refractivity contribution < 1.29 is 9.18 Å². The Kier molecular flexibility index (Phi) is 6.77. The number of nitrogens with zero attached hydrogens (tertiary/aromatic N) is 1. The number of thioether (sulfide) groups is 1. The number of aryl methyl sites for hydroxylation is 1. The summed E-state index contributed by atoms with van der Waals surface area (Å²) < 4.78 is 13.3. The number of H-pyrrole nitrogens is 1. The molecule has 2 heterocycles. The summed E-state index contributed by atoms with van der Waals surface area (Å²) in [5.41, 5.74) is 1.33. The number of benzene rings is 1. The van der Waals surface area contributed by atoms with E-state index in [-0.39, 0.29) is 28.6 Å². The van der Waals surface area contributed by atoms with Gasteiger partial charge in [0.05, 0.1) is 10.6 Å². The molecule has 3 aromatic rings. The molecule has 1 atom stereocenters. The molecule has 1 aliphatic carbocycles. The lowest BCUT2D eigenvalue weighted by atomic mass is 10.0. The summed E-state index contributed by atoms with van der Waals surface area (Å²) >= 11 is 2.70. The molecule has 8 heteroatoms. The molecule has 0 bridgehead atoms. The van der Waals surface area contributed by atoms with Gasteiger partial charge in [0.2, 0.25) is 5.91 Å². The van der Waals surface area contributed by atoms with Gasteiger partial charge in [-0.25, -0.2) is 9.37 Å². The van der Waals surface area contributed by atoms with E-state index < -0.39 is 0 Å². The summed E-state index contributed by atoms with van der Waals surface area (Å²) in [5.74, 6) is -0.336. The smallest absolute Gasteiger partial charge is 0.260 e. The van der Waals surface area contributed by atoms with Crippen molar-refractivity contribution in [2.45, 2.75) is 68.8 Å². The number of amides is 1. The van der Waals surface area contributed by atoms with E-state index in [0.717, 1.165) is 41.7 Å². The second-order valence-corrected chi connectivity index (χ2v) is 10.6. The number of halogens is 1. The normalized spacial score (nSPS) is 16.2. The van der Waals surface area contributed by atoms with E-state index >= 15 is 0 Å². The van der Waals surface area contributed by atoms with Gasteiger partial charge in [0.25, 0.3) is 5.56 Å². The van der Waals surface area contributed by atoms with Crippen LogP contribution in [0.2, 0.25) is 0 Å². The highest BCUT2D eigenvalue weighted by Gasteiger charge is 2.22. The number of hydrogen-bond donors (Lipinski definition) is 2. The zero-order valence-electron chi connectivity index (χ0n) is 17.7. The summed E-state index contributed by atoms with van der Waals surface area (Å²) in [4.78, 5) is 34.6. The van der Waals surface area contributed by atoms with Gasteiger partial charge in [-0.3, -0.25) is 9.59 Å². The number of hydrogen-bond acceptors (Lipinski definition) is 5. The molecule has 2 N–H and O–H groups in total. The maximum Gasteiger partial charge on any atom is 0.260 e. The zero-order chi connectivity index (χ0) is 22.0. The number of nitrogens with one attached hydrogen (secondary N) is 2. The van der Waals surface area contributed by atoms with Crippen LogP contribution in [0, 0.1) is 12.7 Å². The first-order chi connectivity index (χ1) is 14.9. The Hall–Kier alpha value is -2.19. The molecule has 0 aliphatic heterocycles. The molecule has 1 fully saturated rings. The number of carbonyl (C=O) groups is 1. The summed E-state index contributed by atoms with van der Waals surface area (Å²) in [6.45, 7) is 3.77. The highest BCUT2D eigenvalue weighted by Crippen LogP contribution is 2.36. The van der Waals surface area contributed by atoms with Crippen molar-refractivity contribution in [3.8, 4) is 11.1 Å². The largest absolute Gasteiger partial charge is 0.352 e. The molecule has 0 saturated heterocycles. The molecule has 164 valence electrons. The van der Waals surface area contributed by atoms with Crippen LogP contribution in [0.25, 0.3) is 21.3 Å². The van der Waals surface area contributed by atoms with Crippen LogP contribution in [0.1, 0.15) is 50.3 Å². The van der Waals surface area contributed by atoms with E-state index in [2.05, 4.69) is 15.3 Å². The van der Waals surface area contributed by atoms with E-state index in [1.165, 1.54) is 48.1 Å². The fourth-order valence-corrected chi connectivity index (χ4v) is 5.99. The molecule has 1 aromatic carbocycles. The highest BCUT2D eigenvalue weighted by molar-refractivity contribution is 8.00. The molecule has 0 spiro atoms. The maximum atomic E-state index is 13.3. The number of aromatic amines is 1. The van der Waals surface area contributed by atoms with Gasteiger partial charge in [0, 0.05) is 16.5 Å². The van der Waals surface area contributed by atoms with Crippen LogP contribution >= 0.6 is 23.1 Å². The summed E-state index contributed by atoms with van der Waals surface area (Å²) in [6.07, 6.45) is 6.86. The van der Waals surface area contributed by atoms with Crippen LogP contribution < -0.4 is 10.9 Å². The van der Waals surface area contributed by atoms with Gasteiger partial charge in [-0.15, -0.1) is 11.3 Å². The molecule has 0 radical (unpaired) electrons. The van der Waals surface area contributed by atoms with Crippen molar-refractivity contribution in [2.24, 2.45) is 0 Å². The first-order valence-electron chi connectivity index (χ1n) is 10.7. The molecule has 4 rings (SSSR count). The van der Waals surface area contributed by atoms with Gasteiger partial charge >= 0.3 is 0 Å². The number of thiophene rings is 1. The topological polar surface area (TPSA) is 74.8 Å². The summed E-state index contributed by atoms with van der Waals surface area (Å²) in [6, 6.07) is 6.36. The number of aromatic nitrogens is 2. The second kappa shape index (κ2) is 9.53. The third kappa shape index (κ3) is 5.01. The Morgan fingerprint density at radius 2 is 1.90 bits per heavy atom. The molecule has 5 nitrogen and oxygen atoms in total. The predicted octanol–water partition coefficient (Wildman–Crippen LogP) is 5.42. The van der Waals surface area contributed by atoms with Crippen LogP contribution in [0.3, 0.4) is 0 Å². The molecule has 1 unspecified atom stereocenters. The van der Waals surface area contributed by atoms with Crippen LogP contribution in [0.5, 0.6) is 0 Å². The number of rotatable bonds is 5.